The first-order chi connectivity index (χ1) is 5.16. The van der Waals surface area contributed by atoms with Crippen LogP contribution >= 0.6 is 31.9 Å². The Kier molecular flexibility index (Phi) is 2.72. The Morgan fingerprint density at radius 1 is 1.55 bits per heavy atom. The van der Waals surface area contributed by atoms with Crippen LogP contribution in [0.5, 0.6) is 5.75 Å². The normalized spacial score (nSPS) is 9.73. The van der Waals surface area contributed by atoms with Crippen molar-refractivity contribution in [1.82, 2.24) is 4.98 Å². The van der Waals surface area contributed by atoms with Gasteiger partial charge in [0, 0.05) is 6.20 Å². The summed E-state index contributed by atoms with van der Waals surface area (Å²) in [5.74, 6) is 0.508. The number of halogens is 2. The van der Waals surface area contributed by atoms with Gasteiger partial charge in [-0.05, 0) is 31.9 Å². The molecule has 11 heavy (non-hydrogen) atoms. The van der Waals surface area contributed by atoms with E-state index >= 15 is 0 Å². The molecule has 0 aromatic carbocycles. The van der Waals surface area contributed by atoms with Crippen molar-refractivity contribution in [2.45, 2.75) is 0 Å². The molecule has 1 aromatic heterocycles. The van der Waals surface area contributed by atoms with Gasteiger partial charge in [0.15, 0.2) is 5.75 Å². The Morgan fingerprint density at radius 3 is 2.64 bits per heavy atom. The Balaban J connectivity index is 3.41. The van der Waals surface area contributed by atoms with E-state index < -0.39 is 0 Å². The summed E-state index contributed by atoms with van der Waals surface area (Å²) in [7, 11) is 1.50. The minimum atomic E-state index is -0.204. The molecule has 1 aromatic rings. The molecule has 0 aliphatic carbocycles. The standard InChI is InChI=1S/C6H5Br2NO2/c1-11-5-3(7)2-9-6(10)4(5)8/h2H,1H3,(H,9,10). The third-order valence-corrected chi connectivity index (χ3v) is 2.46. The van der Waals surface area contributed by atoms with Crippen LogP contribution in [0.3, 0.4) is 0 Å². The number of hydrogen-bond donors (Lipinski definition) is 1. The summed E-state index contributed by atoms with van der Waals surface area (Å²) in [5, 5.41) is 0. The van der Waals surface area contributed by atoms with E-state index in [0.717, 1.165) is 0 Å². The average molecular weight is 283 g/mol. The fraction of sp³-hybridized carbons (Fsp3) is 0.167. The van der Waals surface area contributed by atoms with E-state index in [4.69, 9.17) is 4.74 Å². The number of H-pyrrole nitrogens is 1. The van der Waals surface area contributed by atoms with Crippen molar-refractivity contribution >= 4 is 31.9 Å². The van der Waals surface area contributed by atoms with Gasteiger partial charge in [0.25, 0.3) is 5.56 Å². The number of rotatable bonds is 1. The van der Waals surface area contributed by atoms with Crippen LogP contribution < -0.4 is 10.3 Å². The lowest BCUT2D eigenvalue weighted by Crippen LogP contribution is -2.07. The summed E-state index contributed by atoms with van der Waals surface area (Å²) in [6.45, 7) is 0. The van der Waals surface area contributed by atoms with E-state index in [-0.39, 0.29) is 5.56 Å². The van der Waals surface area contributed by atoms with E-state index in [1.807, 2.05) is 0 Å². The fourth-order valence-electron chi connectivity index (χ4n) is 0.653. The van der Waals surface area contributed by atoms with Gasteiger partial charge in [0.2, 0.25) is 0 Å². The van der Waals surface area contributed by atoms with Gasteiger partial charge in [-0.15, -0.1) is 0 Å². The molecule has 0 bridgehead atoms. The second kappa shape index (κ2) is 3.40. The van der Waals surface area contributed by atoms with Gasteiger partial charge in [-0.3, -0.25) is 4.79 Å². The molecule has 60 valence electrons. The van der Waals surface area contributed by atoms with Crippen molar-refractivity contribution in [2.75, 3.05) is 7.11 Å². The first-order valence-electron chi connectivity index (χ1n) is 2.77. The lowest BCUT2D eigenvalue weighted by Gasteiger charge is -2.02. The first kappa shape index (κ1) is 8.80. The van der Waals surface area contributed by atoms with Gasteiger partial charge < -0.3 is 9.72 Å². The van der Waals surface area contributed by atoms with Gasteiger partial charge in [0.1, 0.15) is 4.47 Å². The first-order valence-corrected chi connectivity index (χ1v) is 4.36. The van der Waals surface area contributed by atoms with E-state index in [9.17, 15) is 4.79 Å². The topological polar surface area (TPSA) is 42.1 Å². The lowest BCUT2D eigenvalue weighted by atomic mass is 10.4. The molecule has 0 aliphatic rings. The molecular formula is C6H5Br2NO2. The molecule has 5 heteroatoms. The average Bonchev–Trinajstić information content (AvgIpc) is 1.99. The molecule has 0 aliphatic heterocycles. The summed E-state index contributed by atoms with van der Waals surface area (Å²) in [4.78, 5) is 13.5. The Bertz CT molecular complexity index is 321. The largest absolute Gasteiger partial charge is 0.494 e. The number of hydrogen-bond acceptors (Lipinski definition) is 2. The predicted molar refractivity (Wildman–Crippen MR) is 49.0 cm³/mol. The minimum absolute atomic E-state index is 0.204. The second-order valence-corrected chi connectivity index (χ2v) is 3.46. The van der Waals surface area contributed by atoms with Gasteiger partial charge in [-0.25, -0.2) is 0 Å². The number of pyridine rings is 1. The Hall–Kier alpha value is -0.290. The molecule has 0 saturated heterocycles. The molecular weight excluding hydrogens is 278 g/mol. The van der Waals surface area contributed by atoms with Crippen LogP contribution in [0.25, 0.3) is 0 Å². The maximum atomic E-state index is 10.9. The number of ether oxygens (including phenoxy) is 1. The van der Waals surface area contributed by atoms with Gasteiger partial charge in [-0.1, -0.05) is 0 Å². The van der Waals surface area contributed by atoms with Crippen LogP contribution in [0.1, 0.15) is 0 Å². The molecule has 0 fully saturated rings. The maximum Gasteiger partial charge on any atom is 0.266 e. The molecule has 1 N–H and O–H groups in total. The van der Waals surface area contributed by atoms with Gasteiger partial charge in [0.05, 0.1) is 11.6 Å². The molecule has 3 nitrogen and oxygen atoms in total. The van der Waals surface area contributed by atoms with E-state index in [1.165, 1.54) is 13.3 Å². The summed E-state index contributed by atoms with van der Waals surface area (Å²) in [6, 6.07) is 0. The van der Waals surface area contributed by atoms with E-state index in [0.29, 0.717) is 14.7 Å². The Morgan fingerprint density at radius 2 is 2.18 bits per heavy atom. The van der Waals surface area contributed by atoms with Crippen molar-refractivity contribution in [1.29, 1.82) is 0 Å². The molecule has 1 rings (SSSR count). The van der Waals surface area contributed by atoms with Crippen molar-refractivity contribution in [3.63, 3.8) is 0 Å². The van der Waals surface area contributed by atoms with Crippen molar-refractivity contribution in [2.24, 2.45) is 0 Å². The molecule has 0 unspecified atom stereocenters. The third kappa shape index (κ3) is 1.65. The maximum absolute atomic E-state index is 10.9. The van der Waals surface area contributed by atoms with E-state index in [1.54, 1.807) is 0 Å². The van der Waals surface area contributed by atoms with Crippen LogP contribution in [0.2, 0.25) is 0 Å². The van der Waals surface area contributed by atoms with Gasteiger partial charge >= 0.3 is 0 Å². The molecule has 0 amide bonds. The smallest absolute Gasteiger partial charge is 0.266 e. The highest BCUT2D eigenvalue weighted by molar-refractivity contribution is 9.11. The highest BCUT2D eigenvalue weighted by atomic mass is 79.9. The number of nitrogens with one attached hydrogen (secondary N) is 1. The monoisotopic (exact) mass is 281 g/mol. The Labute approximate surface area is 80.0 Å². The highest BCUT2D eigenvalue weighted by Gasteiger charge is 2.07. The SMILES string of the molecule is COc1c(Br)c[nH]c(=O)c1Br. The summed E-state index contributed by atoms with van der Waals surface area (Å²) >= 11 is 6.31. The van der Waals surface area contributed by atoms with Gasteiger partial charge in [-0.2, -0.15) is 0 Å². The fourth-order valence-corrected chi connectivity index (χ4v) is 1.88. The van der Waals surface area contributed by atoms with Crippen LogP contribution in [0.15, 0.2) is 19.9 Å². The van der Waals surface area contributed by atoms with Crippen LogP contribution in [0.4, 0.5) is 0 Å². The number of methoxy groups -OCH3 is 1. The highest BCUT2D eigenvalue weighted by Crippen LogP contribution is 2.28. The molecule has 0 saturated carbocycles. The second-order valence-electron chi connectivity index (χ2n) is 1.81. The van der Waals surface area contributed by atoms with Crippen LogP contribution in [0, 0.1) is 0 Å². The molecule has 0 radical (unpaired) electrons. The van der Waals surface area contributed by atoms with Crippen LogP contribution in [-0.4, -0.2) is 12.1 Å². The number of aromatic nitrogens is 1. The summed E-state index contributed by atoms with van der Waals surface area (Å²) in [6.07, 6.45) is 1.53. The zero-order valence-corrected chi connectivity index (χ0v) is 8.82. The lowest BCUT2D eigenvalue weighted by molar-refractivity contribution is 0.408. The van der Waals surface area contributed by atoms with Crippen molar-refractivity contribution in [3.05, 3.63) is 25.5 Å². The van der Waals surface area contributed by atoms with E-state index in [2.05, 4.69) is 36.8 Å². The third-order valence-electron chi connectivity index (χ3n) is 1.15. The zero-order valence-electron chi connectivity index (χ0n) is 5.65. The molecule has 1 heterocycles. The molecule has 0 atom stereocenters. The van der Waals surface area contributed by atoms with Crippen LogP contribution in [-0.2, 0) is 0 Å². The zero-order chi connectivity index (χ0) is 8.43. The quantitative estimate of drug-likeness (QED) is 0.855. The van der Waals surface area contributed by atoms with Crippen molar-refractivity contribution in [3.8, 4) is 5.75 Å². The summed E-state index contributed by atoms with van der Waals surface area (Å²) in [5.41, 5.74) is -0.204. The minimum Gasteiger partial charge on any atom is -0.494 e. The number of aromatic amines is 1. The summed E-state index contributed by atoms with van der Waals surface area (Å²) < 4.78 is 6.05. The molecule has 0 spiro atoms. The predicted octanol–water partition coefficient (Wildman–Crippen LogP) is 1.91. The van der Waals surface area contributed by atoms with Crippen molar-refractivity contribution < 1.29 is 4.74 Å².